The van der Waals surface area contributed by atoms with Crippen molar-refractivity contribution >= 4 is 34.1 Å². The van der Waals surface area contributed by atoms with Gasteiger partial charge in [0.05, 0.1) is 13.2 Å². The minimum absolute atomic E-state index is 0.631. The molecule has 0 spiro atoms. The highest BCUT2D eigenvalue weighted by atomic mass is 32.1. The molecule has 23 heavy (non-hydrogen) atoms. The van der Waals surface area contributed by atoms with Gasteiger partial charge in [0.25, 0.3) is 0 Å². The summed E-state index contributed by atoms with van der Waals surface area (Å²) in [5, 5.41) is 7.06. The Hall–Kier alpha value is -1.70. The van der Waals surface area contributed by atoms with Gasteiger partial charge in [-0.3, -0.25) is 4.90 Å². The number of thiocarbonyl (C=S) groups is 1. The number of oxazole rings is 1. The van der Waals surface area contributed by atoms with E-state index in [0.29, 0.717) is 11.0 Å². The smallest absolute Gasteiger partial charge is 0.192 e. The maximum absolute atomic E-state index is 5.46. The van der Waals surface area contributed by atoms with Crippen molar-refractivity contribution in [2.75, 3.05) is 44.7 Å². The van der Waals surface area contributed by atoms with Gasteiger partial charge in [0.15, 0.2) is 16.6 Å². The van der Waals surface area contributed by atoms with Crippen molar-refractivity contribution in [1.29, 1.82) is 0 Å². The molecule has 0 radical (unpaired) electrons. The summed E-state index contributed by atoms with van der Waals surface area (Å²) in [6.07, 6.45) is 1.06. The first kappa shape index (κ1) is 16.2. The molecule has 0 amide bonds. The van der Waals surface area contributed by atoms with Crippen molar-refractivity contribution in [1.82, 2.24) is 15.2 Å². The van der Waals surface area contributed by atoms with Crippen molar-refractivity contribution in [3.8, 4) is 0 Å². The van der Waals surface area contributed by atoms with Crippen molar-refractivity contribution in [3.05, 3.63) is 24.1 Å². The zero-order valence-electron chi connectivity index (χ0n) is 13.3. The highest BCUT2D eigenvalue weighted by molar-refractivity contribution is 7.80. The van der Waals surface area contributed by atoms with Gasteiger partial charge in [0.2, 0.25) is 0 Å². The summed E-state index contributed by atoms with van der Waals surface area (Å²) in [5.41, 5.74) is 2.54. The van der Waals surface area contributed by atoms with Gasteiger partial charge in [-0.25, -0.2) is 4.98 Å². The largest absolute Gasteiger partial charge is 0.441 e. The number of fused-ring (bicyclic) bond motifs is 1. The van der Waals surface area contributed by atoms with Gasteiger partial charge >= 0.3 is 0 Å². The van der Waals surface area contributed by atoms with E-state index in [1.807, 2.05) is 25.1 Å². The number of aromatic nitrogens is 1. The molecule has 2 N–H and O–H groups in total. The lowest BCUT2D eigenvalue weighted by atomic mass is 10.3. The number of ether oxygens (including phenoxy) is 1. The van der Waals surface area contributed by atoms with Crippen LogP contribution < -0.4 is 10.6 Å². The standard InChI is InChI=1S/C16H22N4O2S/c1-12-18-14-11-13(3-4-15(14)22-12)19-16(23)17-5-2-6-20-7-9-21-10-8-20/h3-4,11H,2,5-10H2,1H3,(H2,17,19,23). The number of nitrogens with one attached hydrogen (secondary N) is 2. The van der Waals surface area contributed by atoms with Crippen molar-refractivity contribution in [2.45, 2.75) is 13.3 Å². The highest BCUT2D eigenvalue weighted by Gasteiger charge is 2.09. The average molecular weight is 334 g/mol. The maximum atomic E-state index is 5.46. The van der Waals surface area contributed by atoms with Crippen molar-refractivity contribution < 1.29 is 9.15 Å². The third-order valence-corrected chi connectivity index (χ3v) is 4.04. The van der Waals surface area contributed by atoms with Crippen molar-refractivity contribution in [2.24, 2.45) is 0 Å². The van der Waals surface area contributed by atoms with Crippen LogP contribution in [-0.2, 0) is 4.74 Å². The summed E-state index contributed by atoms with van der Waals surface area (Å²) in [6.45, 7) is 7.51. The number of morpholine rings is 1. The van der Waals surface area contributed by atoms with Crippen molar-refractivity contribution in [3.63, 3.8) is 0 Å². The first-order valence-corrected chi connectivity index (χ1v) is 8.34. The predicted molar refractivity (Wildman–Crippen MR) is 94.8 cm³/mol. The molecule has 124 valence electrons. The van der Waals surface area contributed by atoms with Crippen LogP contribution in [0.25, 0.3) is 11.1 Å². The summed E-state index contributed by atoms with van der Waals surface area (Å²) in [5.74, 6) is 0.668. The lowest BCUT2D eigenvalue weighted by Gasteiger charge is -2.26. The normalized spacial score (nSPS) is 15.7. The van der Waals surface area contributed by atoms with Crippen LogP contribution in [0.15, 0.2) is 22.6 Å². The molecule has 2 aromatic rings. The number of nitrogens with zero attached hydrogens (tertiary/aromatic N) is 2. The zero-order valence-corrected chi connectivity index (χ0v) is 14.1. The fourth-order valence-electron chi connectivity index (χ4n) is 2.63. The topological polar surface area (TPSA) is 62.6 Å². The quantitative estimate of drug-likeness (QED) is 0.641. The number of hydrogen-bond donors (Lipinski definition) is 2. The molecule has 0 unspecified atom stereocenters. The van der Waals surface area contributed by atoms with E-state index in [2.05, 4.69) is 20.5 Å². The second-order valence-corrected chi connectivity index (χ2v) is 6.01. The van der Waals surface area contributed by atoms with Gasteiger partial charge in [0.1, 0.15) is 5.52 Å². The predicted octanol–water partition coefficient (Wildman–Crippen LogP) is 2.14. The molecule has 1 aromatic carbocycles. The Balaban J connectivity index is 1.41. The van der Waals surface area contributed by atoms with E-state index in [-0.39, 0.29) is 0 Å². The van der Waals surface area contributed by atoms with E-state index < -0.39 is 0 Å². The average Bonchev–Trinajstić information content (AvgIpc) is 2.92. The Bertz CT molecular complexity index is 667. The lowest BCUT2D eigenvalue weighted by Crippen LogP contribution is -2.38. The fraction of sp³-hybridized carbons (Fsp3) is 0.500. The summed E-state index contributed by atoms with van der Waals surface area (Å²) < 4.78 is 10.8. The molecule has 0 atom stereocenters. The Labute approximate surface area is 141 Å². The monoisotopic (exact) mass is 334 g/mol. The van der Waals surface area contributed by atoms with Gasteiger partial charge in [-0.05, 0) is 43.4 Å². The maximum Gasteiger partial charge on any atom is 0.192 e. The summed E-state index contributed by atoms with van der Waals surface area (Å²) in [7, 11) is 0. The van der Waals surface area contributed by atoms with Crippen LogP contribution in [-0.4, -0.2) is 54.4 Å². The zero-order chi connectivity index (χ0) is 16.1. The van der Waals surface area contributed by atoms with Gasteiger partial charge in [0, 0.05) is 32.2 Å². The summed E-state index contributed by atoms with van der Waals surface area (Å²) in [4.78, 5) is 6.74. The van der Waals surface area contributed by atoms with E-state index in [4.69, 9.17) is 21.4 Å². The van der Waals surface area contributed by atoms with E-state index in [1.165, 1.54) is 0 Å². The molecule has 1 aliphatic heterocycles. The first-order valence-electron chi connectivity index (χ1n) is 7.93. The third-order valence-electron chi connectivity index (χ3n) is 3.79. The minimum atomic E-state index is 0.631. The van der Waals surface area contributed by atoms with Crippen LogP contribution in [0.3, 0.4) is 0 Å². The number of hydrogen-bond acceptors (Lipinski definition) is 5. The van der Waals surface area contributed by atoms with Gasteiger partial charge in [-0.2, -0.15) is 0 Å². The van der Waals surface area contributed by atoms with Crippen LogP contribution in [0.5, 0.6) is 0 Å². The molecule has 1 aromatic heterocycles. The van der Waals surface area contributed by atoms with E-state index >= 15 is 0 Å². The molecule has 1 fully saturated rings. The molecule has 3 rings (SSSR count). The molecule has 6 nitrogen and oxygen atoms in total. The number of benzene rings is 1. The van der Waals surface area contributed by atoms with E-state index in [1.54, 1.807) is 0 Å². The molecule has 0 aliphatic carbocycles. The summed E-state index contributed by atoms with van der Waals surface area (Å²) >= 11 is 5.33. The molecule has 1 saturated heterocycles. The number of rotatable bonds is 5. The first-order chi connectivity index (χ1) is 11.2. The van der Waals surface area contributed by atoms with Crippen LogP contribution in [0.2, 0.25) is 0 Å². The molecule has 0 saturated carbocycles. The molecule has 7 heteroatoms. The second kappa shape index (κ2) is 7.72. The number of aryl methyl sites for hydroxylation is 1. The van der Waals surface area contributed by atoms with Crippen LogP contribution in [0.4, 0.5) is 5.69 Å². The molecule has 1 aliphatic rings. The molecular formula is C16H22N4O2S. The number of anilines is 1. The molecule has 0 bridgehead atoms. The van der Waals surface area contributed by atoms with E-state index in [0.717, 1.165) is 62.6 Å². The lowest BCUT2D eigenvalue weighted by molar-refractivity contribution is 0.0376. The minimum Gasteiger partial charge on any atom is -0.441 e. The van der Waals surface area contributed by atoms with Gasteiger partial charge in [-0.1, -0.05) is 0 Å². The Morgan fingerprint density at radius 3 is 3.00 bits per heavy atom. The Morgan fingerprint density at radius 2 is 2.17 bits per heavy atom. The molecule has 2 heterocycles. The third kappa shape index (κ3) is 4.63. The second-order valence-electron chi connectivity index (χ2n) is 5.60. The van der Waals surface area contributed by atoms with Crippen LogP contribution in [0, 0.1) is 6.92 Å². The van der Waals surface area contributed by atoms with Gasteiger partial charge in [-0.15, -0.1) is 0 Å². The van der Waals surface area contributed by atoms with E-state index in [9.17, 15) is 0 Å². The van der Waals surface area contributed by atoms with Crippen LogP contribution in [0.1, 0.15) is 12.3 Å². The summed E-state index contributed by atoms with van der Waals surface area (Å²) in [6, 6.07) is 5.78. The van der Waals surface area contributed by atoms with Gasteiger partial charge < -0.3 is 19.8 Å². The highest BCUT2D eigenvalue weighted by Crippen LogP contribution is 2.19. The molecular weight excluding hydrogens is 312 g/mol. The Morgan fingerprint density at radius 1 is 1.35 bits per heavy atom. The SMILES string of the molecule is Cc1nc2cc(NC(=S)NCCCN3CCOCC3)ccc2o1. The fourth-order valence-corrected chi connectivity index (χ4v) is 2.84. The van der Waals surface area contributed by atoms with Crippen LogP contribution >= 0.6 is 12.2 Å². The Kier molecular flexibility index (Phi) is 5.43.